The zero-order valence-electron chi connectivity index (χ0n) is 17.1. The first kappa shape index (κ1) is 20.8. The summed E-state index contributed by atoms with van der Waals surface area (Å²) in [6, 6.07) is 9.73. The first-order valence-corrected chi connectivity index (χ1v) is 11.2. The van der Waals surface area contributed by atoms with Crippen molar-refractivity contribution in [2.24, 2.45) is 5.92 Å². The topological polar surface area (TPSA) is 76.3 Å². The summed E-state index contributed by atoms with van der Waals surface area (Å²) < 4.78 is 19.7. The summed E-state index contributed by atoms with van der Waals surface area (Å²) in [4.78, 5) is 28.3. The first-order chi connectivity index (χ1) is 15.3. The summed E-state index contributed by atoms with van der Waals surface area (Å²) in [5, 5.41) is 10.2. The number of aromatic nitrogens is 2. The molecule has 32 heavy (non-hydrogen) atoms. The highest BCUT2D eigenvalue weighted by Crippen LogP contribution is 2.42. The van der Waals surface area contributed by atoms with Crippen molar-refractivity contribution in [1.82, 2.24) is 10.2 Å². The molecule has 2 aromatic heterocycles. The van der Waals surface area contributed by atoms with Crippen molar-refractivity contribution in [2.45, 2.75) is 26.3 Å². The second-order valence-electron chi connectivity index (χ2n) is 8.02. The van der Waals surface area contributed by atoms with Gasteiger partial charge in [-0.2, -0.15) is 0 Å². The van der Waals surface area contributed by atoms with E-state index >= 15 is 0 Å². The minimum atomic E-state index is -0.793. The standard InChI is InChI=1S/C23H17ClFN3O3S/c1-11(2)9-17-26-27-23(32-17)28-19(12-3-5-13(24)6-4-12)18-20(29)15-10-14(25)7-8-16(15)31-21(18)22(28)30/h3-8,10-11,19H,9H2,1-2H3/t19-/m1/s1. The van der Waals surface area contributed by atoms with Gasteiger partial charge in [0.25, 0.3) is 5.91 Å². The van der Waals surface area contributed by atoms with Crippen LogP contribution in [0.3, 0.4) is 0 Å². The van der Waals surface area contributed by atoms with E-state index in [4.69, 9.17) is 16.0 Å². The number of carbonyl (C=O) groups excluding carboxylic acids is 1. The normalized spacial score (nSPS) is 15.7. The molecule has 1 aliphatic rings. The van der Waals surface area contributed by atoms with E-state index in [0.29, 0.717) is 21.6 Å². The van der Waals surface area contributed by atoms with Crippen LogP contribution in [0.15, 0.2) is 51.7 Å². The van der Waals surface area contributed by atoms with Crippen LogP contribution in [0.5, 0.6) is 0 Å². The first-order valence-electron chi connectivity index (χ1n) is 10.0. The Morgan fingerprint density at radius 1 is 1.16 bits per heavy atom. The zero-order valence-corrected chi connectivity index (χ0v) is 18.7. The molecular formula is C23H17ClFN3O3S. The molecule has 0 aliphatic carbocycles. The quantitative estimate of drug-likeness (QED) is 0.400. The zero-order chi connectivity index (χ0) is 22.6. The van der Waals surface area contributed by atoms with Gasteiger partial charge in [0.1, 0.15) is 16.4 Å². The van der Waals surface area contributed by atoms with Gasteiger partial charge in [-0.1, -0.05) is 48.9 Å². The van der Waals surface area contributed by atoms with E-state index in [1.165, 1.54) is 28.4 Å². The number of halogens is 2. The third kappa shape index (κ3) is 3.40. The fourth-order valence-corrected chi connectivity index (χ4v) is 5.08. The Hall–Kier alpha value is -3.10. The second kappa shape index (κ2) is 7.79. The number of carbonyl (C=O) groups is 1. The lowest BCUT2D eigenvalue weighted by Gasteiger charge is -2.22. The molecule has 0 fully saturated rings. The van der Waals surface area contributed by atoms with E-state index in [1.54, 1.807) is 24.3 Å². The summed E-state index contributed by atoms with van der Waals surface area (Å²) in [5.41, 5.74) is 0.502. The molecule has 1 amide bonds. The van der Waals surface area contributed by atoms with Crippen LogP contribution >= 0.6 is 22.9 Å². The molecule has 1 atom stereocenters. The van der Waals surface area contributed by atoms with Gasteiger partial charge in [0, 0.05) is 11.4 Å². The van der Waals surface area contributed by atoms with Crippen LogP contribution in [0.2, 0.25) is 5.02 Å². The molecule has 1 aliphatic heterocycles. The molecule has 4 aromatic rings. The van der Waals surface area contributed by atoms with Gasteiger partial charge in [0.15, 0.2) is 5.43 Å². The van der Waals surface area contributed by atoms with Crippen molar-refractivity contribution < 1.29 is 13.6 Å². The molecule has 0 saturated carbocycles. The van der Waals surface area contributed by atoms with Gasteiger partial charge in [-0.3, -0.25) is 14.5 Å². The third-order valence-electron chi connectivity index (χ3n) is 5.26. The Kier molecular flexibility index (Phi) is 5.06. The number of hydrogen-bond donors (Lipinski definition) is 0. The van der Waals surface area contributed by atoms with E-state index in [9.17, 15) is 14.0 Å². The Balaban J connectivity index is 1.74. The van der Waals surface area contributed by atoms with Crippen LogP contribution in [0.1, 0.15) is 46.6 Å². The minimum Gasteiger partial charge on any atom is -0.450 e. The molecule has 0 N–H and O–H groups in total. The molecule has 0 radical (unpaired) electrons. The van der Waals surface area contributed by atoms with Gasteiger partial charge in [0.05, 0.1) is 17.0 Å². The summed E-state index contributed by atoms with van der Waals surface area (Å²) in [5.74, 6) is -0.751. The summed E-state index contributed by atoms with van der Waals surface area (Å²) >= 11 is 7.36. The lowest BCUT2D eigenvalue weighted by atomic mass is 9.99. The second-order valence-corrected chi connectivity index (χ2v) is 9.50. The smallest absolute Gasteiger partial charge is 0.297 e. The number of nitrogens with zero attached hydrogens (tertiary/aromatic N) is 3. The average Bonchev–Trinajstić information content (AvgIpc) is 3.31. The van der Waals surface area contributed by atoms with E-state index in [0.717, 1.165) is 17.5 Å². The maximum Gasteiger partial charge on any atom is 0.297 e. The predicted molar refractivity (Wildman–Crippen MR) is 121 cm³/mol. The van der Waals surface area contributed by atoms with Gasteiger partial charge in [-0.25, -0.2) is 4.39 Å². The number of amides is 1. The Morgan fingerprint density at radius 3 is 2.62 bits per heavy atom. The molecule has 6 nitrogen and oxygen atoms in total. The van der Waals surface area contributed by atoms with Gasteiger partial charge in [0.2, 0.25) is 10.9 Å². The van der Waals surface area contributed by atoms with Crippen molar-refractivity contribution >= 4 is 44.9 Å². The third-order valence-corrected chi connectivity index (χ3v) is 6.46. The number of benzene rings is 2. The molecule has 162 valence electrons. The van der Waals surface area contributed by atoms with E-state index in [2.05, 4.69) is 24.0 Å². The van der Waals surface area contributed by atoms with Crippen molar-refractivity contribution in [1.29, 1.82) is 0 Å². The minimum absolute atomic E-state index is 0.0744. The molecule has 5 rings (SSSR count). The number of anilines is 1. The SMILES string of the molecule is CC(C)Cc1nnc(N2C(=O)c3oc4ccc(F)cc4c(=O)c3[C@H]2c2ccc(Cl)cc2)s1. The number of hydrogen-bond acceptors (Lipinski definition) is 6. The summed E-state index contributed by atoms with van der Waals surface area (Å²) in [6.07, 6.45) is 0.721. The molecule has 2 aromatic carbocycles. The molecule has 0 bridgehead atoms. The van der Waals surface area contributed by atoms with Crippen molar-refractivity contribution in [2.75, 3.05) is 4.90 Å². The Labute approximate surface area is 191 Å². The van der Waals surface area contributed by atoms with Gasteiger partial charge in [-0.15, -0.1) is 10.2 Å². The monoisotopic (exact) mass is 469 g/mol. The molecular weight excluding hydrogens is 453 g/mol. The van der Waals surface area contributed by atoms with Crippen LogP contribution in [-0.4, -0.2) is 16.1 Å². The highest BCUT2D eigenvalue weighted by molar-refractivity contribution is 7.15. The van der Waals surface area contributed by atoms with Crippen molar-refractivity contribution in [3.63, 3.8) is 0 Å². The Bertz CT molecular complexity index is 1410. The highest BCUT2D eigenvalue weighted by Gasteiger charge is 2.45. The lowest BCUT2D eigenvalue weighted by molar-refractivity contribution is 0.0970. The van der Waals surface area contributed by atoms with E-state index in [-0.39, 0.29) is 22.3 Å². The molecule has 0 unspecified atom stereocenters. The van der Waals surface area contributed by atoms with E-state index < -0.39 is 23.2 Å². The molecule has 9 heteroatoms. The van der Waals surface area contributed by atoms with Gasteiger partial charge < -0.3 is 4.42 Å². The molecule has 0 saturated heterocycles. The van der Waals surface area contributed by atoms with Crippen molar-refractivity contribution in [3.05, 3.63) is 85.4 Å². The maximum atomic E-state index is 13.9. The maximum absolute atomic E-state index is 13.9. The van der Waals surface area contributed by atoms with Crippen LogP contribution in [-0.2, 0) is 6.42 Å². The summed E-state index contributed by atoms with van der Waals surface area (Å²) in [7, 11) is 0. The van der Waals surface area contributed by atoms with Crippen LogP contribution in [0.25, 0.3) is 11.0 Å². The van der Waals surface area contributed by atoms with Crippen LogP contribution in [0.4, 0.5) is 9.52 Å². The van der Waals surface area contributed by atoms with Crippen molar-refractivity contribution in [3.8, 4) is 0 Å². The fraction of sp³-hybridized carbons (Fsp3) is 0.217. The van der Waals surface area contributed by atoms with Crippen LogP contribution < -0.4 is 10.3 Å². The molecule has 0 spiro atoms. The lowest BCUT2D eigenvalue weighted by Crippen LogP contribution is -2.29. The largest absolute Gasteiger partial charge is 0.450 e. The number of rotatable bonds is 4. The molecule has 3 heterocycles. The Morgan fingerprint density at radius 2 is 1.91 bits per heavy atom. The highest BCUT2D eigenvalue weighted by atomic mass is 35.5. The predicted octanol–water partition coefficient (Wildman–Crippen LogP) is 5.39. The average molecular weight is 470 g/mol. The van der Waals surface area contributed by atoms with E-state index in [1.807, 2.05) is 0 Å². The summed E-state index contributed by atoms with van der Waals surface area (Å²) in [6.45, 7) is 4.14. The van der Waals surface area contributed by atoms with Gasteiger partial charge >= 0.3 is 0 Å². The number of fused-ring (bicyclic) bond motifs is 2. The van der Waals surface area contributed by atoms with Gasteiger partial charge in [-0.05, 0) is 41.8 Å². The van der Waals surface area contributed by atoms with Crippen LogP contribution in [0, 0.1) is 11.7 Å². The fourth-order valence-electron chi connectivity index (χ4n) is 3.88.